The molecule has 1 aliphatic rings. The molecule has 4 rings (SSSR count). The number of rotatable bonds is 3. The van der Waals surface area contributed by atoms with Gasteiger partial charge in [0.05, 0.1) is 16.3 Å². The van der Waals surface area contributed by atoms with Crippen LogP contribution in [0.1, 0.15) is 55.1 Å². The van der Waals surface area contributed by atoms with Crippen LogP contribution in [0, 0.1) is 13.8 Å². The van der Waals surface area contributed by atoms with Gasteiger partial charge in [-0.25, -0.2) is 4.68 Å². The van der Waals surface area contributed by atoms with Crippen LogP contribution in [-0.2, 0) is 0 Å². The Hall–Kier alpha value is -2.75. The van der Waals surface area contributed by atoms with Gasteiger partial charge in [0.25, 0.3) is 5.56 Å². The molecule has 0 unspecified atom stereocenters. The first-order valence-electron chi connectivity index (χ1n) is 9.82. The Morgan fingerprint density at radius 2 is 1.81 bits per heavy atom. The van der Waals surface area contributed by atoms with Crippen LogP contribution in [0.15, 0.2) is 41.2 Å². The van der Waals surface area contributed by atoms with Crippen LogP contribution in [0.4, 0.5) is 0 Å². The minimum absolute atomic E-state index is 0.0614. The summed E-state index contributed by atoms with van der Waals surface area (Å²) in [4.78, 5) is 13.0. The molecule has 1 aromatic carbocycles. The molecule has 4 nitrogen and oxygen atoms in total. The van der Waals surface area contributed by atoms with Crippen molar-refractivity contribution in [1.82, 2.24) is 14.3 Å². The fraction of sp³-hybridized carbons (Fsp3) is 0.348. The number of benzene rings is 1. The molecule has 4 heteroatoms. The molecule has 27 heavy (non-hydrogen) atoms. The highest BCUT2D eigenvalue weighted by Crippen LogP contribution is 2.32. The number of aromatic amines is 1. The maximum absolute atomic E-state index is 13.0. The Labute approximate surface area is 159 Å². The number of para-hydroxylation sites is 1. The number of aromatic nitrogens is 3. The van der Waals surface area contributed by atoms with Gasteiger partial charge in [0.2, 0.25) is 0 Å². The molecule has 0 amide bonds. The lowest BCUT2D eigenvalue weighted by Gasteiger charge is -2.26. The summed E-state index contributed by atoms with van der Waals surface area (Å²) in [5.74, 6) is 0. The number of aryl methyl sites for hydroxylation is 1. The van der Waals surface area contributed by atoms with Gasteiger partial charge in [-0.3, -0.25) is 9.89 Å². The minimum atomic E-state index is -0.0614. The molecule has 1 fully saturated rings. The van der Waals surface area contributed by atoms with Crippen molar-refractivity contribution in [2.75, 3.05) is 0 Å². The summed E-state index contributed by atoms with van der Waals surface area (Å²) in [5.41, 5.74) is 4.38. The van der Waals surface area contributed by atoms with Crippen LogP contribution in [-0.4, -0.2) is 14.3 Å². The Balaban J connectivity index is 1.80. The molecule has 0 spiro atoms. The Bertz CT molecular complexity index is 1110. The Morgan fingerprint density at radius 3 is 2.52 bits per heavy atom. The number of hydrogen-bond donors (Lipinski definition) is 1. The van der Waals surface area contributed by atoms with Crippen molar-refractivity contribution in [3.05, 3.63) is 74.3 Å². The van der Waals surface area contributed by atoms with Gasteiger partial charge in [-0.15, -0.1) is 0 Å². The lowest BCUT2D eigenvalue weighted by Crippen LogP contribution is -2.34. The van der Waals surface area contributed by atoms with Crippen molar-refractivity contribution < 1.29 is 0 Å². The standard InChI is InChI=1S/C23H27N3O/c1-16-14-19(18(3)25(16)20-10-6-4-7-11-20)15-22-17(2)24-26(23(22)27)21-12-8-5-9-13-21/h5,8-9,12-15,20,24H,2,4,6-7,10-11H2,1,3H3/b22-15+. The van der Waals surface area contributed by atoms with E-state index >= 15 is 0 Å². The summed E-state index contributed by atoms with van der Waals surface area (Å²) in [6, 6.07) is 12.4. The molecule has 0 radical (unpaired) electrons. The molecule has 140 valence electrons. The zero-order valence-electron chi connectivity index (χ0n) is 16.2. The van der Waals surface area contributed by atoms with Gasteiger partial charge in [-0.05, 0) is 56.5 Å². The average molecular weight is 361 g/mol. The van der Waals surface area contributed by atoms with Gasteiger partial charge in [0.15, 0.2) is 0 Å². The number of H-pyrrole nitrogens is 1. The van der Waals surface area contributed by atoms with E-state index in [4.69, 9.17) is 0 Å². The molecule has 1 saturated carbocycles. The van der Waals surface area contributed by atoms with E-state index in [1.54, 1.807) is 4.68 Å². The third-order valence-electron chi connectivity index (χ3n) is 5.78. The monoisotopic (exact) mass is 361 g/mol. The van der Waals surface area contributed by atoms with Crippen molar-refractivity contribution in [3.8, 4) is 5.69 Å². The van der Waals surface area contributed by atoms with Gasteiger partial charge >= 0.3 is 0 Å². The molecular formula is C23H27N3O. The summed E-state index contributed by atoms with van der Waals surface area (Å²) >= 11 is 0. The molecule has 2 heterocycles. The highest BCUT2D eigenvalue weighted by Gasteiger charge is 2.19. The third-order valence-corrected chi connectivity index (χ3v) is 5.78. The first-order chi connectivity index (χ1) is 13.1. The van der Waals surface area contributed by atoms with Gasteiger partial charge in [0.1, 0.15) is 0 Å². The average Bonchev–Trinajstić information content (AvgIpc) is 3.13. The molecule has 0 bridgehead atoms. The summed E-state index contributed by atoms with van der Waals surface area (Å²) in [7, 11) is 0. The second kappa shape index (κ2) is 7.10. The Kier molecular flexibility index (Phi) is 4.65. The van der Waals surface area contributed by atoms with Gasteiger partial charge in [0, 0.05) is 17.4 Å². The number of nitrogens with one attached hydrogen (secondary N) is 1. The Morgan fingerprint density at radius 1 is 1.11 bits per heavy atom. The number of hydrogen-bond acceptors (Lipinski definition) is 1. The molecular weight excluding hydrogens is 334 g/mol. The predicted molar refractivity (Wildman–Crippen MR) is 111 cm³/mol. The molecule has 1 aliphatic carbocycles. The van der Waals surface area contributed by atoms with Crippen molar-refractivity contribution in [3.63, 3.8) is 0 Å². The number of nitrogens with zero attached hydrogens (tertiary/aromatic N) is 2. The van der Waals surface area contributed by atoms with Gasteiger partial charge in [-0.2, -0.15) is 0 Å². The van der Waals surface area contributed by atoms with Gasteiger partial charge in [-0.1, -0.05) is 44.0 Å². The van der Waals surface area contributed by atoms with Crippen LogP contribution >= 0.6 is 0 Å². The van der Waals surface area contributed by atoms with E-state index in [1.165, 1.54) is 43.5 Å². The van der Waals surface area contributed by atoms with Crippen LogP contribution < -0.4 is 16.1 Å². The smallest absolute Gasteiger partial charge is 0.279 e. The van der Waals surface area contributed by atoms with E-state index in [-0.39, 0.29) is 5.56 Å². The molecule has 1 N–H and O–H groups in total. The second-order valence-corrected chi connectivity index (χ2v) is 7.61. The minimum Gasteiger partial charge on any atom is -0.346 e. The topological polar surface area (TPSA) is 42.7 Å². The van der Waals surface area contributed by atoms with E-state index < -0.39 is 0 Å². The van der Waals surface area contributed by atoms with Crippen LogP contribution in [0.25, 0.3) is 18.3 Å². The summed E-state index contributed by atoms with van der Waals surface area (Å²) < 4.78 is 4.03. The highest BCUT2D eigenvalue weighted by atomic mass is 16.1. The summed E-state index contributed by atoms with van der Waals surface area (Å²) in [6.45, 7) is 8.39. The van der Waals surface area contributed by atoms with Crippen LogP contribution in [0.3, 0.4) is 0 Å². The van der Waals surface area contributed by atoms with E-state index in [0.717, 1.165) is 11.3 Å². The van der Waals surface area contributed by atoms with E-state index in [1.807, 2.05) is 36.4 Å². The molecule has 0 atom stereocenters. The lowest BCUT2D eigenvalue weighted by atomic mass is 9.95. The zero-order chi connectivity index (χ0) is 19.0. The van der Waals surface area contributed by atoms with Crippen LogP contribution in [0.5, 0.6) is 0 Å². The summed E-state index contributed by atoms with van der Waals surface area (Å²) in [6.07, 6.45) is 8.46. The van der Waals surface area contributed by atoms with Crippen molar-refractivity contribution in [2.45, 2.75) is 52.0 Å². The van der Waals surface area contributed by atoms with Crippen molar-refractivity contribution >= 4 is 12.7 Å². The van der Waals surface area contributed by atoms with E-state index in [0.29, 0.717) is 16.6 Å². The van der Waals surface area contributed by atoms with E-state index in [2.05, 4.69) is 36.2 Å². The van der Waals surface area contributed by atoms with Gasteiger partial charge < -0.3 is 4.57 Å². The molecule has 2 aromatic heterocycles. The highest BCUT2D eigenvalue weighted by molar-refractivity contribution is 5.54. The van der Waals surface area contributed by atoms with E-state index in [9.17, 15) is 4.79 Å². The first kappa shape index (κ1) is 17.7. The fourth-order valence-electron chi connectivity index (χ4n) is 4.41. The lowest BCUT2D eigenvalue weighted by molar-refractivity contribution is 0.346. The van der Waals surface area contributed by atoms with Crippen molar-refractivity contribution in [2.24, 2.45) is 0 Å². The van der Waals surface area contributed by atoms with Crippen LogP contribution in [0.2, 0.25) is 0 Å². The molecule has 0 aliphatic heterocycles. The zero-order valence-corrected chi connectivity index (χ0v) is 16.2. The quantitative estimate of drug-likeness (QED) is 0.764. The maximum Gasteiger partial charge on any atom is 0.279 e. The maximum atomic E-state index is 13.0. The normalized spacial score (nSPS) is 16.1. The third kappa shape index (κ3) is 3.20. The SMILES string of the molecule is C=c1[nH]n(-c2ccccc2)c(=O)/c1=C/c1cc(C)n(C2CCCCC2)c1C. The predicted octanol–water partition coefficient (Wildman–Crippen LogP) is 3.33. The largest absolute Gasteiger partial charge is 0.346 e. The summed E-state index contributed by atoms with van der Waals surface area (Å²) in [5, 5.41) is 4.38. The second-order valence-electron chi connectivity index (χ2n) is 7.61. The fourth-order valence-corrected chi connectivity index (χ4v) is 4.41. The van der Waals surface area contributed by atoms with Crippen molar-refractivity contribution in [1.29, 1.82) is 0 Å². The molecule has 0 saturated heterocycles. The first-order valence-corrected chi connectivity index (χ1v) is 9.82. The molecule has 3 aromatic rings.